The third-order valence-corrected chi connectivity index (χ3v) is 5.15. The molecule has 126 valence electrons. The number of nitrogens with zero attached hydrogens (tertiary/aromatic N) is 1. The molecule has 5 heteroatoms. The van der Waals surface area contributed by atoms with Crippen molar-refractivity contribution < 1.29 is 9.59 Å². The minimum absolute atomic E-state index is 0.0368. The Balaban J connectivity index is 1.77. The van der Waals surface area contributed by atoms with Crippen molar-refractivity contribution in [1.82, 2.24) is 4.90 Å². The van der Waals surface area contributed by atoms with E-state index in [1.165, 1.54) is 11.3 Å². The highest BCUT2D eigenvalue weighted by Gasteiger charge is 2.33. The molecule has 24 heavy (non-hydrogen) atoms. The maximum atomic E-state index is 12.8. The smallest absolute Gasteiger partial charge is 0.264 e. The van der Waals surface area contributed by atoms with Crippen LogP contribution in [0, 0.1) is 13.8 Å². The van der Waals surface area contributed by atoms with Crippen molar-refractivity contribution in [2.45, 2.75) is 39.2 Å². The van der Waals surface area contributed by atoms with Crippen LogP contribution in [0.5, 0.6) is 0 Å². The summed E-state index contributed by atoms with van der Waals surface area (Å²) in [5.74, 6) is -0.130. The Kier molecular flexibility index (Phi) is 5.00. The summed E-state index contributed by atoms with van der Waals surface area (Å²) in [5, 5.41) is 4.88. The minimum atomic E-state index is -0.394. The van der Waals surface area contributed by atoms with Crippen molar-refractivity contribution >= 4 is 28.8 Å². The highest BCUT2D eigenvalue weighted by molar-refractivity contribution is 7.12. The van der Waals surface area contributed by atoms with Gasteiger partial charge in [-0.25, -0.2) is 0 Å². The third-order valence-electron chi connectivity index (χ3n) is 4.29. The van der Waals surface area contributed by atoms with Crippen molar-refractivity contribution in [3.63, 3.8) is 0 Å². The Labute approximate surface area is 146 Å². The van der Waals surface area contributed by atoms with Gasteiger partial charge in [0.15, 0.2) is 0 Å². The van der Waals surface area contributed by atoms with Crippen molar-refractivity contribution in [3.05, 3.63) is 51.7 Å². The lowest BCUT2D eigenvalue weighted by molar-refractivity contribution is -0.121. The van der Waals surface area contributed by atoms with Gasteiger partial charge < -0.3 is 10.2 Å². The molecule has 3 rings (SSSR count). The predicted octanol–water partition coefficient (Wildman–Crippen LogP) is 4.00. The number of likely N-dealkylation sites (tertiary alicyclic amines) is 1. The molecule has 0 saturated carbocycles. The fourth-order valence-corrected chi connectivity index (χ4v) is 3.94. The molecule has 2 heterocycles. The first-order chi connectivity index (χ1) is 11.5. The number of nitrogens with one attached hydrogen (secondary N) is 1. The van der Waals surface area contributed by atoms with Crippen LogP contribution in [0.4, 0.5) is 5.69 Å². The zero-order valence-electron chi connectivity index (χ0n) is 14.0. The molecule has 1 N–H and O–H groups in total. The van der Waals surface area contributed by atoms with Crippen molar-refractivity contribution in [2.75, 3.05) is 11.9 Å². The van der Waals surface area contributed by atoms with Gasteiger partial charge in [0.2, 0.25) is 5.91 Å². The second-order valence-corrected chi connectivity index (χ2v) is 7.30. The van der Waals surface area contributed by atoms with Gasteiger partial charge in [0, 0.05) is 12.2 Å². The van der Waals surface area contributed by atoms with E-state index in [1.54, 1.807) is 4.90 Å². The summed E-state index contributed by atoms with van der Waals surface area (Å²) in [7, 11) is 0. The van der Waals surface area contributed by atoms with Crippen LogP contribution in [0.25, 0.3) is 0 Å². The van der Waals surface area contributed by atoms with Crippen LogP contribution >= 0.6 is 11.3 Å². The third kappa shape index (κ3) is 3.67. The average Bonchev–Trinajstić information content (AvgIpc) is 3.07. The number of amides is 2. The quantitative estimate of drug-likeness (QED) is 0.916. The van der Waals surface area contributed by atoms with E-state index in [2.05, 4.69) is 11.4 Å². The van der Waals surface area contributed by atoms with Crippen LogP contribution in [0.2, 0.25) is 0 Å². The molecule has 2 aromatic rings. The summed E-state index contributed by atoms with van der Waals surface area (Å²) in [6, 6.07) is 9.28. The van der Waals surface area contributed by atoms with Crippen LogP contribution in [0.15, 0.2) is 35.7 Å². The molecule has 0 unspecified atom stereocenters. The Bertz CT molecular complexity index is 720. The van der Waals surface area contributed by atoms with Gasteiger partial charge in [-0.15, -0.1) is 11.3 Å². The summed E-state index contributed by atoms with van der Waals surface area (Å²) in [6.07, 6.45) is 2.64. The number of aryl methyl sites for hydroxylation is 2. The van der Waals surface area contributed by atoms with Crippen LogP contribution < -0.4 is 5.32 Å². The molecule has 1 aliphatic heterocycles. The SMILES string of the molecule is Cc1cc(C)cc(NC(=O)[C@H]2CCCCN2C(=O)c2cccs2)c1. The van der Waals surface area contributed by atoms with Gasteiger partial charge in [0.1, 0.15) is 6.04 Å². The number of carbonyl (C=O) groups is 2. The molecular weight excluding hydrogens is 320 g/mol. The molecule has 2 amide bonds. The van der Waals surface area contributed by atoms with Crippen LogP contribution in [0.1, 0.15) is 40.1 Å². The zero-order chi connectivity index (χ0) is 17.1. The highest BCUT2D eigenvalue weighted by Crippen LogP contribution is 2.23. The van der Waals surface area contributed by atoms with E-state index >= 15 is 0 Å². The number of hydrogen-bond acceptors (Lipinski definition) is 3. The van der Waals surface area contributed by atoms with E-state index < -0.39 is 6.04 Å². The molecule has 4 nitrogen and oxygen atoms in total. The first-order valence-corrected chi connectivity index (χ1v) is 9.16. The van der Waals surface area contributed by atoms with E-state index in [0.29, 0.717) is 17.8 Å². The molecule has 1 fully saturated rings. The maximum absolute atomic E-state index is 12.8. The normalized spacial score (nSPS) is 17.6. The lowest BCUT2D eigenvalue weighted by atomic mass is 10.0. The Hall–Kier alpha value is -2.14. The largest absolute Gasteiger partial charge is 0.326 e. The molecule has 1 saturated heterocycles. The van der Waals surface area contributed by atoms with Gasteiger partial charge >= 0.3 is 0 Å². The molecule has 1 aliphatic rings. The molecular formula is C19H22N2O2S. The number of thiophene rings is 1. The second kappa shape index (κ2) is 7.18. The standard InChI is InChI=1S/C19H22N2O2S/c1-13-10-14(2)12-15(11-13)20-18(22)16-6-3-4-8-21(16)19(23)17-7-5-9-24-17/h5,7,9-12,16H,3-4,6,8H2,1-2H3,(H,20,22)/t16-/m1/s1. The molecule has 1 aromatic heterocycles. The molecule has 0 spiro atoms. The summed E-state index contributed by atoms with van der Waals surface area (Å²) in [6.45, 7) is 4.66. The topological polar surface area (TPSA) is 49.4 Å². The van der Waals surface area contributed by atoms with E-state index in [4.69, 9.17) is 0 Å². The monoisotopic (exact) mass is 342 g/mol. The first kappa shape index (κ1) is 16.7. The maximum Gasteiger partial charge on any atom is 0.264 e. The number of anilines is 1. The highest BCUT2D eigenvalue weighted by atomic mass is 32.1. The molecule has 1 aromatic carbocycles. The second-order valence-electron chi connectivity index (χ2n) is 6.35. The van der Waals surface area contributed by atoms with E-state index in [9.17, 15) is 9.59 Å². The Morgan fingerprint density at radius 1 is 1.17 bits per heavy atom. The van der Waals surface area contributed by atoms with Crippen LogP contribution in [-0.2, 0) is 4.79 Å². The molecule has 0 aliphatic carbocycles. The van der Waals surface area contributed by atoms with E-state index in [0.717, 1.165) is 29.7 Å². The predicted molar refractivity (Wildman–Crippen MR) is 97.5 cm³/mol. The lowest BCUT2D eigenvalue weighted by Gasteiger charge is -2.34. The number of rotatable bonds is 3. The van der Waals surface area contributed by atoms with Crippen LogP contribution in [-0.4, -0.2) is 29.3 Å². The number of benzene rings is 1. The number of hydrogen-bond donors (Lipinski definition) is 1. The van der Waals surface area contributed by atoms with Crippen molar-refractivity contribution in [1.29, 1.82) is 0 Å². The Morgan fingerprint density at radius 2 is 1.92 bits per heavy atom. The van der Waals surface area contributed by atoms with Gasteiger partial charge in [-0.1, -0.05) is 12.1 Å². The fourth-order valence-electron chi connectivity index (χ4n) is 3.26. The lowest BCUT2D eigenvalue weighted by Crippen LogP contribution is -2.49. The van der Waals surface area contributed by atoms with Crippen molar-refractivity contribution in [3.8, 4) is 0 Å². The molecule has 1 atom stereocenters. The minimum Gasteiger partial charge on any atom is -0.326 e. The molecule has 0 bridgehead atoms. The summed E-state index contributed by atoms with van der Waals surface area (Å²) >= 11 is 1.42. The summed E-state index contributed by atoms with van der Waals surface area (Å²) in [4.78, 5) is 27.9. The van der Waals surface area contributed by atoms with Crippen LogP contribution in [0.3, 0.4) is 0 Å². The van der Waals surface area contributed by atoms with E-state index in [1.807, 2.05) is 43.5 Å². The number of piperidine rings is 1. The van der Waals surface area contributed by atoms with Gasteiger partial charge in [-0.05, 0) is 67.8 Å². The summed E-state index contributed by atoms with van der Waals surface area (Å²) < 4.78 is 0. The van der Waals surface area contributed by atoms with Gasteiger partial charge in [0.25, 0.3) is 5.91 Å². The van der Waals surface area contributed by atoms with Gasteiger partial charge in [0.05, 0.1) is 4.88 Å². The first-order valence-electron chi connectivity index (χ1n) is 8.28. The van der Waals surface area contributed by atoms with Gasteiger partial charge in [-0.2, -0.15) is 0 Å². The average molecular weight is 342 g/mol. The Morgan fingerprint density at radius 3 is 2.58 bits per heavy atom. The van der Waals surface area contributed by atoms with E-state index in [-0.39, 0.29) is 11.8 Å². The summed E-state index contributed by atoms with van der Waals surface area (Å²) in [5.41, 5.74) is 3.02. The number of carbonyl (C=O) groups excluding carboxylic acids is 2. The zero-order valence-corrected chi connectivity index (χ0v) is 14.9. The van der Waals surface area contributed by atoms with Gasteiger partial charge in [-0.3, -0.25) is 9.59 Å². The molecule has 0 radical (unpaired) electrons. The fraction of sp³-hybridized carbons (Fsp3) is 0.368. The van der Waals surface area contributed by atoms with Crippen molar-refractivity contribution in [2.24, 2.45) is 0 Å².